The van der Waals surface area contributed by atoms with Crippen LogP contribution < -0.4 is 0 Å². The summed E-state index contributed by atoms with van der Waals surface area (Å²) in [6.07, 6.45) is 10.1. The van der Waals surface area contributed by atoms with Gasteiger partial charge in [0, 0.05) is 21.6 Å². The summed E-state index contributed by atoms with van der Waals surface area (Å²) in [5.74, 6) is 0.670. The topological polar surface area (TPSA) is 17.1 Å². The number of ketones is 1. The zero-order valence-corrected chi connectivity index (χ0v) is 12.3. The van der Waals surface area contributed by atoms with Crippen molar-refractivity contribution < 1.29 is 4.79 Å². The van der Waals surface area contributed by atoms with Gasteiger partial charge in [0.15, 0.2) is 5.78 Å². The Morgan fingerprint density at radius 1 is 0.895 bits per heavy atom. The number of hydrogen-bond acceptors (Lipinski definition) is 2. The van der Waals surface area contributed by atoms with Crippen LogP contribution in [0.2, 0.25) is 0 Å². The lowest BCUT2D eigenvalue weighted by Gasteiger charge is -2.10. The largest absolute Gasteiger partial charge is 0.294 e. The molecule has 3 rings (SSSR count). The van der Waals surface area contributed by atoms with Crippen LogP contribution >= 0.6 is 11.8 Å². The van der Waals surface area contributed by atoms with Crippen LogP contribution in [-0.2, 0) is 0 Å². The van der Waals surface area contributed by atoms with E-state index in [4.69, 9.17) is 0 Å². The molecule has 0 spiro atoms. The van der Waals surface area contributed by atoms with E-state index in [1.54, 1.807) is 0 Å². The molecule has 2 saturated carbocycles. The fourth-order valence-corrected chi connectivity index (χ4v) is 4.57. The number of hydrogen-bond donors (Lipinski definition) is 0. The van der Waals surface area contributed by atoms with E-state index < -0.39 is 0 Å². The maximum atomic E-state index is 12.3. The molecule has 0 N–H and O–H groups in total. The lowest BCUT2D eigenvalue weighted by molar-refractivity contribution is 0.0923. The Morgan fingerprint density at radius 2 is 1.47 bits per heavy atom. The molecule has 0 heterocycles. The molecular formula is C17H22OS. The second kappa shape index (κ2) is 6.13. The van der Waals surface area contributed by atoms with Crippen LogP contribution in [0.3, 0.4) is 0 Å². The highest BCUT2D eigenvalue weighted by Gasteiger charge is 2.23. The summed E-state index contributed by atoms with van der Waals surface area (Å²) in [5.41, 5.74) is 0.919. The van der Waals surface area contributed by atoms with Gasteiger partial charge < -0.3 is 0 Å². The summed E-state index contributed by atoms with van der Waals surface area (Å²) < 4.78 is 0. The number of thioether (sulfide) groups is 1. The third kappa shape index (κ3) is 3.22. The molecule has 2 fully saturated rings. The van der Waals surface area contributed by atoms with Crippen LogP contribution in [0.4, 0.5) is 0 Å². The van der Waals surface area contributed by atoms with E-state index in [2.05, 4.69) is 12.1 Å². The van der Waals surface area contributed by atoms with E-state index in [1.165, 1.54) is 43.4 Å². The normalized spacial score (nSPS) is 21.1. The van der Waals surface area contributed by atoms with Gasteiger partial charge in [-0.1, -0.05) is 37.8 Å². The zero-order valence-electron chi connectivity index (χ0n) is 11.4. The first-order chi connectivity index (χ1) is 9.33. The second-order valence-electron chi connectivity index (χ2n) is 5.89. The number of rotatable bonds is 4. The highest BCUT2D eigenvalue weighted by Crippen LogP contribution is 2.35. The first-order valence-electron chi connectivity index (χ1n) is 7.64. The minimum absolute atomic E-state index is 0.299. The van der Waals surface area contributed by atoms with E-state index in [-0.39, 0.29) is 0 Å². The molecule has 0 aliphatic heterocycles. The Labute approximate surface area is 120 Å². The molecule has 0 amide bonds. The molecular weight excluding hydrogens is 252 g/mol. The Bertz CT molecular complexity index is 425. The smallest absolute Gasteiger partial charge is 0.165 e. The maximum Gasteiger partial charge on any atom is 0.165 e. The first kappa shape index (κ1) is 13.2. The van der Waals surface area contributed by atoms with Gasteiger partial charge >= 0.3 is 0 Å². The minimum Gasteiger partial charge on any atom is -0.294 e. The standard InChI is InChI=1S/C17H22OS/c18-17(13-5-1-2-6-13)14-9-11-16(12-10-14)19-15-7-3-4-8-15/h9-13,15H,1-8H2. The monoisotopic (exact) mass is 274 g/mol. The molecule has 1 nitrogen and oxygen atoms in total. The molecule has 1 aromatic rings. The van der Waals surface area contributed by atoms with E-state index in [9.17, 15) is 4.79 Å². The van der Waals surface area contributed by atoms with E-state index in [0.29, 0.717) is 11.7 Å². The molecule has 0 radical (unpaired) electrons. The van der Waals surface area contributed by atoms with Gasteiger partial charge in [-0.3, -0.25) is 4.79 Å². The van der Waals surface area contributed by atoms with Crippen LogP contribution in [0.1, 0.15) is 61.7 Å². The fraction of sp³-hybridized carbons (Fsp3) is 0.588. The zero-order chi connectivity index (χ0) is 13.1. The number of carbonyl (C=O) groups is 1. The summed E-state index contributed by atoms with van der Waals surface area (Å²) >= 11 is 1.99. The Kier molecular flexibility index (Phi) is 4.27. The summed E-state index contributed by atoms with van der Waals surface area (Å²) in [4.78, 5) is 13.6. The average Bonchev–Trinajstić information content (AvgIpc) is 3.12. The molecule has 102 valence electrons. The lowest BCUT2D eigenvalue weighted by Crippen LogP contribution is -2.10. The summed E-state index contributed by atoms with van der Waals surface area (Å²) in [6.45, 7) is 0. The van der Waals surface area contributed by atoms with Crippen molar-refractivity contribution in [1.82, 2.24) is 0 Å². The molecule has 2 aliphatic carbocycles. The lowest BCUT2D eigenvalue weighted by atomic mass is 9.96. The van der Waals surface area contributed by atoms with Gasteiger partial charge in [-0.15, -0.1) is 11.8 Å². The van der Waals surface area contributed by atoms with Crippen molar-refractivity contribution >= 4 is 17.5 Å². The van der Waals surface area contributed by atoms with Gasteiger partial charge in [0.25, 0.3) is 0 Å². The van der Waals surface area contributed by atoms with Crippen molar-refractivity contribution in [3.63, 3.8) is 0 Å². The molecule has 0 bridgehead atoms. The molecule has 0 aromatic heterocycles. The second-order valence-corrected chi connectivity index (χ2v) is 7.27. The van der Waals surface area contributed by atoms with E-state index >= 15 is 0 Å². The van der Waals surface area contributed by atoms with Crippen LogP contribution in [0, 0.1) is 5.92 Å². The summed E-state index contributed by atoms with van der Waals surface area (Å²) in [7, 11) is 0. The van der Waals surface area contributed by atoms with Crippen molar-refractivity contribution in [2.75, 3.05) is 0 Å². The fourth-order valence-electron chi connectivity index (χ4n) is 3.32. The minimum atomic E-state index is 0.299. The van der Waals surface area contributed by atoms with Gasteiger partial charge in [-0.25, -0.2) is 0 Å². The van der Waals surface area contributed by atoms with Crippen LogP contribution in [0.5, 0.6) is 0 Å². The summed E-state index contributed by atoms with van der Waals surface area (Å²) in [6, 6.07) is 8.37. The molecule has 0 saturated heterocycles. The van der Waals surface area contributed by atoms with Crippen LogP contribution in [0.15, 0.2) is 29.2 Å². The highest BCUT2D eigenvalue weighted by atomic mass is 32.2. The van der Waals surface area contributed by atoms with E-state index in [0.717, 1.165) is 23.7 Å². The predicted molar refractivity (Wildman–Crippen MR) is 80.8 cm³/mol. The van der Waals surface area contributed by atoms with Crippen molar-refractivity contribution in [3.8, 4) is 0 Å². The van der Waals surface area contributed by atoms with Gasteiger partial charge in [0.1, 0.15) is 0 Å². The number of benzene rings is 1. The molecule has 0 unspecified atom stereocenters. The average molecular weight is 274 g/mol. The number of Topliss-reactive ketones (excluding diaryl/α,β-unsaturated/α-hetero) is 1. The first-order valence-corrected chi connectivity index (χ1v) is 8.52. The Morgan fingerprint density at radius 3 is 2.11 bits per heavy atom. The molecule has 2 heteroatoms. The Hall–Kier alpha value is -0.760. The van der Waals surface area contributed by atoms with Crippen molar-refractivity contribution in [2.45, 2.75) is 61.5 Å². The highest BCUT2D eigenvalue weighted by molar-refractivity contribution is 8.00. The molecule has 1 aromatic carbocycles. The molecule has 19 heavy (non-hydrogen) atoms. The third-order valence-electron chi connectivity index (χ3n) is 4.47. The van der Waals surface area contributed by atoms with Gasteiger partial charge in [0.2, 0.25) is 0 Å². The predicted octanol–water partition coefficient (Wildman–Crippen LogP) is 5.09. The third-order valence-corrected chi connectivity index (χ3v) is 5.82. The van der Waals surface area contributed by atoms with Crippen LogP contribution in [-0.4, -0.2) is 11.0 Å². The quantitative estimate of drug-likeness (QED) is 0.711. The van der Waals surface area contributed by atoms with Gasteiger partial charge in [-0.05, 0) is 37.8 Å². The van der Waals surface area contributed by atoms with Gasteiger partial charge in [-0.2, -0.15) is 0 Å². The summed E-state index contributed by atoms with van der Waals surface area (Å²) in [5, 5.41) is 0.802. The number of carbonyl (C=O) groups excluding carboxylic acids is 1. The SMILES string of the molecule is O=C(c1ccc(SC2CCCC2)cc1)C1CCCC1. The molecule has 0 atom stereocenters. The van der Waals surface area contributed by atoms with Crippen LogP contribution in [0.25, 0.3) is 0 Å². The van der Waals surface area contributed by atoms with Crippen molar-refractivity contribution in [2.24, 2.45) is 5.92 Å². The Balaban J connectivity index is 1.62. The van der Waals surface area contributed by atoms with Crippen molar-refractivity contribution in [3.05, 3.63) is 29.8 Å². The molecule has 2 aliphatic rings. The van der Waals surface area contributed by atoms with E-state index in [1.807, 2.05) is 23.9 Å². The van der Waals surface area contributed by atoms with Gasteiger partial charge in [0.05, 0.1) is 0 Å². The van der Waals surface area contributed by atoms with Crippen molar-refractivity contribution in [1.29, 1.82) is 0 Å². The maximum absolute atomic E-state index is 12.3.